The third-order valence-electron chi connectivity index (χ3n) is 2.52. The minimum atomic E-state index is -4.95. The number of hydrogen-bond donors (Lipinski definition) is 1. The number of Topliss-reactive ketones (excluding diaryl/α,β-unsaturated/α-hetero) is 1. The Morgan fingerprint density at radius 3 is 2.68 bits per heavy atom. The maximum Gasteiger partial charge on any atom is 0.456 e. The van der Waals surface area contributed by atoms with Gasteiger partial charge in [-0.15, -0.1) is 0 Å². The van der Waals surface area contributed by atoms with Gasteiger partial charge in [-0.05, 0) is 34.6 Å². The van der Waals surface area contributed by atoms with Gasteiger partial charge in [0, 0.05) is 6.42 Å². The van der Waals surface area contributed by atoms with Gasteiger partial charge >= 0.3 is 6.18 Å². The molecule has 0 fully saturated rings. The summed E-state index contributed by atoms with van der Waals surface area (Å²) in [6.45, 7) is 0.222. The van der Waals surface area contributed by atoms with Gasteiger partial charge < -0.3 is 5.73 Å². The van der Waals surface area contributed by atoms with Crippen molar-refractivity contribution in [3.63, 3.8) is 0 Å². The predicted octanol–water partition coefficient (Wildman–Crippen LogP) is 2.34. The van der Waals surface area contributed by atoms with Gasteiger partial charge in [0.15, 0.2) is 0 Å². The van der Waals surface area contributed by atoms with Crippen LogP contribution in [0.5, 0.6) is 0 Å². The van der Waals surface area contributed by atoms with E-state index >= 15 is 0 Å². The average molecular weight is 336 g/mol. The molecule has 102 valence electrons. The number of fused-ring (bicyclic) bond motifs is 1. The fourth-order valence-corrected chi connectivity index (χ4v) is 2.31. The SMILES string of the molecule is NCCc1nc(C(=O)C(F)(F)F)c2cccc(Br)n12. The van der Waals surface area contributed by atoms with Crippen molar-refractivity contribution in [2.24, 2.45) is 5.73 Å². The number of carbonyl (C=O) groups is 1. The third-order valence-corrected chi connectivity index (χ3v) is 3.14. The van der Waals surface area contributed by atoms with E-state index in [9.17, 15) is 18.0 Å². The number of imidazole rings is 1. The number of rotatable bonds is 3. The number of carbonyl (C=O) groups excluding carboxylic acids is 1. The molecule has 19 heavy (non-hydrogen) atoms. The highest BCUT2D eigenvalue weighted by atomic mass is 79.9. The number of nitrogens with zero attached hydrogens (tertiary/aromatic N) is 2. The highest BCUT2D eigenvalue weighted by Gasteiger charge is 2.42. The van der Waals surface area contributed by atoms with Crippen molar-refractivity contribution in [1.29, 1.82) is 0 Å². The quantitative estimate of drug-likeness (QED) is 0.691. The molecular weight excluding hydrogens is 327 g/mol. The highest BCUT2D eigenvalue weighted by molar-refractivity contribution is 9.10. The number of pyridine rings is 1. The molecule has 0 saturated heterocycles. The van der Waals surface area contributed by atoms with Crippen molar-refractivity contribution in [2.75, 3.05) is 6.54 Å². The summed E-state index contributed by atoms with van der Waals surface area (Å²) in [5.41, 5.74) is 4.91. The van der Waals surface area contributed by atoms with Crippen molar-refractivity contribution in [3.05, 3.63) is 34.3 Å². The largest absolute Gasteiger partial charge is 0.456 e. The standard InChI is InChI=1S/C11H9BrF3N3O/c12-7-3-1-2-6-9(10(19)11(13,14)15)17-8(4-5-16)18(6)7/h1-3H,4-5,16H2. The van der Waals surface area contributed by atoms with E-state index in [1.165, 1.54) is 10.5 Å². The Labute approximate surface area is 114 Å². The van der Waals surface area contributed by atoms with Crippen LogP contribution in [-0.2, 0) is 6.42 Å². The van der Waals surface area contributed by atoms with Crippen LogP contribution in [0.4, 0.5) is 13.2 Å². The molecule has 0 unspecified atom stereocenters. The molecular formula is C11H9BrF3N3O. The summed E-state index contributed by atoms with van der Waals surface area (Å²) in [5.74, 6) is -1.64. The molecule has 0 aromatic carbocycles. The van der Waals surface area contributed by atoms with Gasteiger partial charge in [-0.3, -0.25) is 9.20 Å². The van der Waals surface area contributed by atoms with Gasteiger partial charge in [0.25, 0.3) is 5.78 Å². The molecule has 2 aromatic rings. The van der Waals surface area contributed by atoms with E-state index in [4.69, 9.17) is 5.73 Å². The smallest absolute Gasteiger partial charge is 0.330 e. The second-order valence-electron chi connectivity index (χ2n) is 3.81. The molecule has 0 saturated carbocycles. The zero-order chi connectivity index (χ0) is 14.2. The van der Waals surface area contributed by atoms with E-state index in [0.29, 0.717) is 10.4 Å². The summed E-state index contributed by atoms with van der Waals surface area (Å²) in [7, 11) is 0. The Morgan fingerprint density at radius 1 is 1.42 bits per heavy atom. The lowest BCUT2D eigenvalue weighted by Crippen LogP contribution is -2.23. The zero-order valence-corrected chi connectivity index (χ0v) is 11.1. The Bertz CT molecular complexity index is 636. The van der Waals surface area contributed by atoms with Crippen LogP contribution in [0.15, 0.2) is 22.8 Å². The second kappa shape index (κ2) is 4.93. The van der Waals surface area contributed by atoms with E-state index in [-0.39, 0.29) is 18.5 Å². The van der Waals surface area contributed by atoms with Crippen molar-refractivity contribution in [3.8, 4) is 0 Å². The molecule has 2 N–H and O–H groups in total. The van der Waals surface area contributed by atoms with Crippen LogP contribution >= 0.6 is 15.9 Å². The molecule has 0 radical (unpaired) electrons. The molecule has 2 aromatic heterocycles. The number of ketones is 1. The van der Waals surface area contributed by atoms with Gasteiger partial charge in [0.2, 0.25) is 0 Å². The minimum absolute atomic E-state index is 0.111. The van der Waals surface area contributed by atoms with Gasteiger partial charge in [-0.1, -0.05) is 6.07 Å². The topological polar surface area (TPSA) is 60.4 Å². The highest BCUT2D eigenvalue weighted by Crippen LogP contribution is 2.26. The molecule has 8 heteroatoms. The van der Waals surface area contributed by atoms with Crippen molar-refractivity contribution in [1.82, 2.24) is 9.38 Å². The van der Waals surface area contributed by atoms with Gasteiger partial charge in [-0.25, -0.2) is 4.98 Å². The minimum Gasteiger partial charge on any atom is -0.330 e. The van der Waals surface area contributed by atoms with Crippen molar-refractivity contribution >= 4 is 27.2 Å². The summed E-state index contributed by atoms with van der Waals surface area (Å²) in [5, 5.41) is 0. The summed E-state index contributed by atoms with van der Waals surface area (Å²) < 4.78 is 39.5. The summed E-state index contributed by atoms with van der Waals surface area (Å²) in [6, 6.07) is 4.60. The molecule has 0 spiro atoms. The van der Waals surface area contributed by atoms with Crippen molar-refractivity contribution in [2.45, 2.75) is 12.6 Å². The molecule has 0 bridgehead atoms. The van der Waals surface area contributed by atoms with Crippen LogP contribution in [0.25, 0.3) is 5.52 Å². The summed E-state index contributed by atoms with van der Waals surface area (Å²) in [6.07, 6.45) is -4.67. The number of nitrogens with two attached hydrogens (primary N) is 1. The van der Waals surface area contributed by atoms with Crippen LogP contribution in [0.1, 0.15) is 16.3 Å². The Hall–Kier alpha value is -1.41. The third kappa shape index (κ3) is 2.50. The first-order valence-corrected chi connectivity index (χ1v) is 6.13. The normalized spacial score (nSPS) is 12.1. The Kier molecular flexibility index (Phi) is 3.64. The first-order chi connectivity index (χ1) is 8.86. The van der Waals surface area contributed by atoms with Gasteiger partial charge in [0.1, 0.15) is 11.5 Å². The molecule has 0 aliphatic carbocycles. The van der Waals surface area contributed by atoms with E-state index in [1.807, 2.05) is 0 Å². The zero-order valence-electron chi connectivity index (χ0n) is 9.54. The van der Waals surface area contributed by atoms with E-state index < -0.39 is 17.7 Å². The lowest BCUT2D eigenvalue weighted by molar-refractivity contribution is -0.0887. The molecule has 0 aliphatic heterocycles. The van der Waals surface area contributed by atoms with E-state index in [0.717, 1.165) is 0 Å². The van der Waals surface area contributed by atoms with Crippen LogP contribution in [0.3, 0.4) is 0 Å². The van der Waals surface area contributed by atoms with Crippen LogP contribution in [-0.4, -0.2) is 27.9 Å². The average Bonchev–Trinajstić information content (AvgIpc) is 2.68. The van der Waals surface area contributed by atoms with E-state index in [2.05, 4.69) is 20.9 Å². The van der Waals surface area contributed by atoms with Crippen LogP contribution < -0.4 is 5.73 Å². The van der Waals surface area contributed by atoms with Crippen LogP contribution in [0.2, 0.25) is 0 Å². The second-order valence-corrected chi connectivity index (χ2v) is 4.62. The molecule has 4 nitrogen and oxygen atoms in total. The lowest BCUT2D eigenvalue weighted by Gasteiger charge is -2.03. The number of halogens is 4. The molecule has 2 heterocycles. The first-order valence-electron chi connectivity index (χ1n) is 5.33. The van der Waals surface area contributed by atoms with Gasteiger partial charge in [0.05, 0.1) is 10.1 Å². The first kappa shape index (κ1) is 14.0. The molecule has 0 atom stereocenters. The van der Waals surface area contributed by atoms with Crippen LogP contribution in [0, 0.1) is 0 Å². The number of aromatic nitrogens is 2. The molecule has 0 aliphatic rings. The van der Waals surface area contributed by atoms with Crippen molar-refractivity contribution < 1.29 is 18.0 Å². The molecule has 2 rings (SSSR count). The number of hydrogen-bond acceptors (Lipinski definition) is 3. The number of alkyl halides is 3. The Morgan fingerprint density at radius 2 is 2.11 bits per heavy atom. The summed E-state index contributed by atoms with van der Waals surface area (Å²) >= 11 is 3.22. The fourth-order valence-electron chi connectivity index (χ4n) is 1.76. The maximum absolute atomic E-state index is 12.5. The maximum atomic E-state index is 12.5. The monoisotopic (exact) mass is 335 g/mol. The predicted molar refractivity (Wildman–Crippen MR) is 66.0 cm³/mol. The lowest BCUT2D eigenvalue weighted by atomic mass is 10.2. The molecule has 0 amide bonds. The van der Waals surface area contributed by atoms with E-state index in [1.54, 1.807) is 12.1 Å². The van der Waals surface area contributed by atoms with Gasteiger partial charge in [-0.2, -0.15) is 13.2 Å². The fraction of sp³-hybridized carbons (Fsp3) is 0.273. The summed E-state index contributed by atoms with van der Waals surface area (Å²) in [4.78, 5) is 15.2. The Balaban J connectivity index is 2.70.